The Morgan fingerprint density at radius 2 is 1.75 bits per heavy atom. The molecule has 4 nitrogen and oxygen atoms in total. The third-order valence-corrected chi connectivity index (χ3v) is 4.27. The smallest absolute Gasteiger partial charge is 0.188 e. The molecular weight excluding hydrogens is 404 g/mol. The van der Waals surface area contributed by atoms with Crippen LogP contribution in [0.4, 0.5) is 4.39 Å². The highest BCUT2D eigenvalue weighted by molar-refractivity contribution is 6.32. The Balaban J connectivity index is 2.33. The molecule has 158 valence electrons. The van der Waals surface area contributed by atoms with Crippen LogP contribution in [0.5, 0.6) is 11.5 Å². The number of nitrogens with zero attached hydrogens (tertiary/aromatic N) is 1. The molecule has 0 amide bonds. The summed E-state index contributed by atoms with van der Waals surface area (Å²) < 4.78 is 23.9. The van der Waals surface area contributed by atoms with Gasteiger partial charge in [-0.2, -0.15) is 4.39 Å². The van der Waals surface area contributed by atoms with Crippen LogP contribution in [-0.2, 0) is 11.3 Å². The minimum Gasteiger partial charge on any atom is -0.492 e. The van der Waals surface area contributed by atoms with Crippen molar-refractivity contribution in [1.82, 2.24) is 0 Å². The number of halogens is 3. The van der Waals surface area contributed by atoms with E-state index in [0.717, 1.165) is 55.9 Å². The van der Waals surface area contributed by atoms with Crippen molar-refractivity contribution >= 4 is 28.9 Å². The lowest BCUT2D eigenvalue weighted by molar-refractivity contribution is 0.139. The van der Waals surface area contributed by atoms with Crippen molar-refractivity contribution in [2.45, 2.75) is 59.3 Å². The van der Waals surface area contributed by atoms with Gasteiger partial charge in [0, 0.05) is 12.1 Å². The van der Waals surface area contributed by atoms with Crippen molar-refractivity contribution in [1.29, 1.82) is 0 Å². The fourth-order valence-corrected chi connectivity index (χ4v) is 2.83. The van der Waals surface area contributed by atoms with Gasteiger partial charge in [0.2, 0.25) is 0 Å². The molecule has 1 rings (SSSR count). The molecule has 0 aliphatic rings. The van der Waals surface area contributed by atoms with E-state index in [-0.39, 0.29) is 6.61 Å². The quantitative estimate of drug-likeness (QED) is 0.179. The lowest BCUT2D eigenvalue weighted by Crippen LogP contribution is -2.02. The molecule has 0 spiro atoms. The van der Waals surface area contributed by atoms with Crippen LogP contribution in [0.1, 0.15) is 58.4 Å². The monoisotopic (exact) mass is 433 g/mol. The molecule has 0 radical (unpaired) electrons. The summed E-state index contributed by atoms with van der Waals surface area (Å²) in [6, 6.07) is 3.54. The van der Waals surface area contributed by atoms with E-state index in [4.69, 9.17) is 37.5 Å². The summed E-state index contributed by atoms with van der Waals surface area (Å²) in [6.07, 6.45) is 7.21. The first-order chi connectivity index (χ1) is 13.4. The van der Waals surface area contributed by atoms with E-state index in [1.165, 1.54) is 0 Å². The van der Waals surface area contributed by atoms with Crippen LogP contribution >= 0.6 is 23.2 Å². The molecule has 0 bridgehead atoms. The first-order valence-corrected chi connectivity index (χ1v) is 10.4. The van der Waals surface area contributed by atoms with Crippen molar-refractivity contribution in [2.24, 2.45) is 5.16 Å². The fourth-order valence-electron chi connectivity index (χ4n) is 2.48. The molecular formula is C21H30Cl2FNO3. The molecule has 0 N–H and O–H groups in total. The summed E-state index contributed by atoms with van der Waals surface area (Å²) >= 11 is 11.5. The molecule has 0 saturated carbocycles. The number of oxime groups is 1. The third-order valence-electron chi connectivity index (χ3n) is 3.84. The predicted octanol–water partition coefficient (Wildman–Crippen LogP) is 7.07. The Kier molecular flexibility index (Phi) is 12.8. The largest absolute Gasteiger partial charge is 0.492 e. The van der Waals surface area contributed by atoms with Crippen LogP contribution in [0.3, 0.4) is 0 Å². The van der Waals surface area contributed by atoms with Gasteiger partial charge in [-0.1, -0.05) is 48.1 Å². The summed E-state index contributed by atoms with van der Waals surface area (Å²) in [7, 11) is 0. The summed E-state index contributed by atoms with van der Waals surface area (Å²) in [6.45, 7) is 7.17. The maximum absolute atomic E-state index is 12.5. The molecule has 0 aromatic heterocycles. The number of benzene rings is 1. The lowest BCUT2D eigenvalue weighted by atomic mass is 10.1. The molecule has 0 aliphatic heterocycles. The van der Waals surface area contributed by atoms with Crippen LogP contribution in [0.25, 0.3) is 0 Å². The summed E-state index contributed by atoms with van der Waals surface area (Å²) in [4.78, 5) is 5.18. The van der Waals surface area contributed by atoms with E-state index < -0.39 is 5.29 Å². The van der Waals surface area contributed by atoms with Gasteiger partial charge in [-0.25, -0.2) is 0 Å². The summed E-state index contributed by atoms with van der Waals surface area (Å²) in [5.74, 6) is 1.25. The Bertz CT molecular complexity index is 643. The fraction of sp³-hybridized carbons (Fsp3) is 0.571. The highest BCUT2D eigenvalue weighted by Crippen LogP contribution is 2.34. The van der Waals surface area contributed by atoms with Crippen LogP contribution in [-0.4, -0.2) is 25.5 Å². The molecule has 0 aliphatic carbocycles. The zero-order valence-electron chi connectivity index (χ0n) is 16.9. The van der Waals surface area contributed by atoms with Gasteiger partial charge in [-0.15, -0.1) is 0 Å². The maximum atomic E-state index is 12.5. The second kappa shape index (κ2) is 14.5. The van der Waals surface area contributed by atoms with Crippen molar-refractivity contribution in [3.05, 3.63) is 34.1 Å². The van der Waals surface area contributed by atoms with Gasteiger partial charge in [0.1, 0.15) is 24.7 Å². The Morgan fingerprint density at radius 1 is 1.07 bits per heavy atom. The van der Waals surface area contributed by atoms with Crippen molar-refractivity contribution in [2.75, 3.05) is 19.8 Å². The van der Waals surface area contributed by atoms with E-state index in [9.17, 15) is 4.39 Å². The lowest BCUT2D eigenvalue weighted by Gasteiger charge is -2.14. The summed E-state index contributed by atoms with van der Waals surface area (Å²) in [5.41, 5.74) is 1.89. The van der Waals surface area contributed by atoms with Gasteiger partial charge in [-0.3, -0.25) is 0 Å². The van der Waals surface area contributed by atoms with E-state index in [2.05, 4.69) is 5.16 Å². The van der Waals surface area contributed by atoms with Gasteiger partial charge in [0.05, 0.1) is 17.3 Å². The molecule has 28 heavy (non-hydrogen) atoms. The second-order valence-corrected chi connectivity index (χ2v) is 7.31. The van der Waals surface area contributed by atoms with Crippen LogP contribution in [0.15, 0.2) is 28.7 Å². The normalized spacial score (nSPS) is 11.3. The van der Waals surface area contributed by atoms with Crippen molar-refractivity contribution in [3.63, 3.8) is 0 Å². The van der Waals surface area contributed by atoms with Gasteiger partial charge >= 0.3 is 0 Å². The number of ether oxygens (including phenoxy) is 2. The average molecular weight is 434 g/mol. The van der Waals surface area contributed by atoms with Crippen molar-refractivity contribution < 1.29 is 18.7 Å². The number of hydrogen-bond acceptors (Lipinski definition) is 4. The predicted molar refractivity (Wildman–Crippen MR) is 115 cm³/mol. The molecule has 0 unspecified atom stereocenters. The number of rotatable bonds is 14. The first kappa shape index (κ1) is 24.6. The van der Waals surface area contributed by atoms with Crippen molar-refractivity contribution in [3.8, 4) is 11.5 Å². The van der Waals surface area contributed by atoms with Gasteiger partial charge in [0.15, 0.2) is 5.29 Å². The molecule has 0 atom stereocenters. The average Bonchev–Trinajstić information content (AvgIpc) is 2.63. The highest BCUT2D eigenvalue weighted by Gasteiger charge is 2.11. The van der Waals surface area contributed by atoms with Gasteiger partial charge < -0.3 is 14.3 Å². The number of unbranched alkanes of at least 4 members (excludes halogenated alkanes) is 4. The van der Waals surface area contributed by atoms with Crippen LogP contribution in [0, 0.1) is 0 Å². The molecule has 1 aromatic rings. The zero-order chi connectivity index (χ0) is 20.8. The molecule has 1 aromatic carbocycles. The Labute approximate surface area is 177 Å². The third kappa shape index (κ3) is 10.8. The number of aryl methyl sites for hydroxylation is 1. The molecule has 0 saturated heterocycles. The SMILES string of the molecule is CCc1cc(OC/C=C(/F)Cl)cc(Cl)c1OCCCCCCCON=C(C)C. The molecule has 0 heterocycles. The highest BCUT2D eigenvalue weighted by atomic mass is 35.5. The van der Waals surface area contributed by atoms with Crippen LogP contribution in [0.2, 0.25) is 5.02 Å². The van der Waals surface area contributed by atoms with E-state index >= 15 is 0 Å². The van der Waals surface area contributed by atoms with Gasteiger partial charge in [0.25, 0.3) is 0 Å². The van der Waals surface area contributed by atoms with Gasteiger partial charge in [-0.05, 0) is 51.2 Å². The second-order valence-electron chi connectivity index (χ2n) is 6.54. The Morgan fingerprint density at radius 3 is 2.39 bits per heavy atom. The Hall–Kier alpha value is -1.46. The topological polar surface area (TPSA) is 40.0 Å². The maximum Gasteiger partial charge on any atom is 0.188 e. The van der Waals surface area contributed by atoms with E-state index in [1.54, 1.807) is 6.07 Å². The molecule has 7 heteroatoms. The minimum absolute atomic E-state index is 0.0461. The van der Waals surface area contributed by atoms with Crippen LogP contribution < -0.4 is 9.47 Å². The zero-order valence-corrected chi connectivity index (χ0v) is 18.4. The summed E-state index contributed by atoms with van der Waals surface area (Å²) in [5, 5.41) is 3.61. The molecule has 0 fully saturated rings. The first-order valence-electron chi connectivity index (χ1n) is 9.66. The number of hydrogen-bond donors (Lipinski definition) is 0. The minimum atomic E-state index is -0.793. The standard InChI is InChI=1S/C21H30Cl2FNO3/c1-4-17-14-18(26-13-10-20(23)24)15-19(22)21(17)27-11-8-6-5-7-9-12-28-25-16(2)3/h10,14-15H,4-9,11-13H2,1-3H3/b20-10+. The van der Waals surface area contributed by atoms with E-state index in [1.807, 2.05) is 26.8 Å². The van der Waals surface area contributed by atoms with E-state index in [0.29, 0.717) is 29.7 Å².